The SMILES string of the molecule is CC1C=CCN(C)N1C. The van der Waals surface area contributed by atoms with Crippen LogP contribution in [0.25, 0.3) is 0 Å². The second kappa shape index (κ2) is 2.50. The van der Waals surface area contributed by atoms with E-state index in [1.807, 2.05) is 0 Å². The Bertz CT molecular complexity index is 120. The van der Waals surface area contributed by atoms with Gasteiger partial charge in [0, 0.05) is 26.7 Å². The molecule has 9 heavy (non-hydrogen) atoms. The third-order valence-electron chi connectivity index (χ3n) is 1.91. The lowest BCUT2D eigenvalue weighted by Gasteiger charge is -2.34. The van der Waals surface area contributed by atoms with Crippen LogP contribution in [0.15, 0.2) is 12.2 Å². The standard InChI is InChI=1S/C7H14N2/c1-7-5-4-6-8(2)9(7)3/h4-5,7H,6H2,1-3H3. The predicted molar refractivity (Wildman–Crippen MR) is 39.0 cm³/mol. The van der Waals surface area contributed by atoms with Crippen LogP contribution in [0.2, 0.25) is 0 Å². The van der Waals surface area contributed by atoms with Gasteiger partial charge in [-0.25, -0.2) is 10.0 Å². The van der Waals surface area contributed by atoms with E-state index in [2.05, 4.69) is 43.2 Å². The number of hydrogen-bond donors (Lipinski definition) is 0. The largest absolute Gasteiger partial charge is 0.241 e. The van der Waals surface area contributed by atoms with Crippen LogP contribution in [0, 0.1) is 0 Å². The highest BCUT2D eigenvalue weighted by Crippen LogP contribution is 2.05. The molecule has 1 unspecified atom stereocenters. The minimum Gasteiger partial charge on any atom is -0.241 e. The molecule has 1 rings (SSSR count). The van der Waals surface area contributed by atoms with Gasteiger partial charge in [0.15, 0.2) is 0 Å². The molecule has 0 aliphatic carbocycles. The van der Waals surface area contributed by atoms with Gasteiger partial charge in [0.1, 0.15) is 0 Å². The van der Waals surface area contributed by atoms with Gasteiger partial charge in [0.2, 0.25) is 0 Å². The summed E-state index contributed by atoms with van der Waals surface area (Å²) in [5, 5.41) is 4.42. The number of nitrogens with zero attached hydrogens (tertiary/aromatic N) is 2. The fourth-order valence-electron chi connectivity index (χ4n) is 0.975. The van der Waals surface area contributed by atoms with Crippen molar-refractivity contribution in [3.05, 3.63) is 12.2 Å². The molecule has 0 radical (unpaired) electrons. The molecule has 0 aromatic rings. The van der Waals surface area contributed by atoms with E-state index in [0.29, 0.717) is 6.04 Å². The van der Waals surface area contributed by atoms with Gasteiger partial charge in [-0.1, -0.05) is 12.2 Å². The Labute approximate surface area is 56.7 Å². The Morgan fingerprint density at radius 1 is 1.44 bits per heavy atom. The summed E-state index contributed by atoms with van der Waals surface area (Å²) in [4.78, 5) is 0. The first-order valence-corrected chi connectivity index (χ1v) is 3.32. The molecule has 0 saturated carbocycles. The summed E-state index contributed by atoms with van der Waals surface area (Å²) in [5.41, 5.74) is 0. The van der Waals surface area contributed by atoms with E-state index in [0.717, 1.165) is 6.54 Å². The van der Waals surface area contributed by atoms with E-state index < -0.39 is 0 Å². The summed E-state index contributed by atoms with van der Waals surface area (Å²) in [7, 11) is 4.20. The summed E-state index contributed by atoms with van der Waals surface area (Å²) in [5.74, 6) is 0. The lowest BCUT2D eigenvalue weighted by Crippen LogP contribution is -2.44. The molecule has 0 N–H and O–H groups in total. The highest BCUT2D eigenvalue weighted by molar-refractivity contribution is 4.95. The average molecular weight is 126 g/mol. The molecule has 1 atom stereocenters. The third-order valence-corrected chi connectivity index (χ3v) is 1.91. The fourth-order valence-corrected chi connectivity index (χ4v) is 0.975. The first-order valence-electron chi connectivity index (χ1n) is 3.32. The molecule has 52 valence electrons. The molecule has 2 heteroatoms. The molecule has 0 spiro atoms. The average Bonchev–Trinajstić information content (AvgIpc) is 1.83. The summed E-state index contributed by atoms with van der Waals surface area (Å²) < 4.78 is 0. The quantitative estimate of drug-likeness (QED) is 0.441. The summed E-state index contributed by atoms with van der Waals surface area (Å²) in [6, 6.07) is 0.559. The van der Waals surface area contributed by atoms with E-state index in [-0.39, 0.29) is 0 Å². The third kappa shape index (κ3) is 1.32. The van der Waals surface area contributed by atoms with Gasteiger partial charge in [-0.3, -0.25) is 0 Å². The van der Waals surface area contributed by atoms with Crippen LogP contribution in [-0.2, 0) is 0 Å². The van der Waals surface area contributed by atoms with Crippen LogP contribution < -0.4 is 0 Å². The van der Waals surface area contributed by atoms with Gasteiger partial charge in [0.25, 0.3) is 0 Å². The zero-order valence-electron chi connectivity index (χ0n) is 6.33. The molecule has 0 aromatic carbocycles. The minimum atomic E-state index is 0.559. The van der Waals surface area contributed by atoms with Gasteiger partial charge >= 0.3 is 0 Å². The van der Waals surface area contributed by atoms with E-state index >= 15 is 0 Å². The van der Waals surface area contributed by atoms with Crippen molar-refractivity contribution in [1.82, 2.24) is 10.0 Å². The summed E-state index contributed by atoms with van der Waals surface area (Å²) >= 11 is 0. The van der Waals surface area contributed by atoms with Crippen molar-refractivity contribution in [2.75, 3.05) is 20.6 Å². The van der Waals surface area contributed by atoms with Crippen molar-refractivity contribution in [2.45, 2.75) is 13.0 Å². The number of rotatable bonds is 0. The maximum atomic E-state index is 2.22. The lowest BCUT2D eigenvalue weighted by atomic mass is 10.2. The molecule has 0 aromatic heterocycles. The Hall–Kier alpha value is -0.340. The second-order valence-corrected chi connectivity index (χ2v) is 2.58. The number of hydrazine groups is 1. The van der Waals surface area contributed by atoms with Crippen molar-refractivity contribution in [2.24, 2.45) is 0 Å². The molecule has 1 aliphatic heterocycles. The molecule has 2 nitrogen and oxygen atoms in total. The Morgan fingerprint density at radius 2 is 2.11 bits per heavy atom. The van der Waals surface area contributed by atoms with Crippen LogP contribution in [-0.4, -0.2) is 36.7 Å². The topological polar surface area (TPSA) is 6.48 Å². The molecule has 1 aliphatic rings. The van der Waals surface area contributed by atoms with Crippen LogP contribution in [0.4, 0.5) is 0 Å². The van der Waals surface area contributed by atoms with E-state index in [1.54, 1.807) is 0 Å². The molecule has 0 fully saturated rings. The van der Waals surface area contributed by atoms with Gasteiger partial charge in [-0.05, 0) is 6.92 Å². The summed E-state index contributed by atoms with van der Waals surface area (Å²) in [6.07, 6.45) is 4.42. The van der Waals surface area contributed by atoms with Crippen molar-refractivity contribution < 1.29 is 0 Å². The molecule has 0 bridgehead atoms. The number of hydrogen-bond acceptors (Lipinski definition) is 2. The zero-order valence-corrected chi connectivity index (χ0v) is 6.33. The second-order valence-electron chi connectivity index (χ2n) is 2.58. The minimum absolute atomic E-state index is 0.559. The fraction of sp³-hybridized carbons (Fsp3) is 0.714. The molecular weight excluding hydrogens is 112 g/mol. The van der Waals surface area contributed by atoms with Crippen molar-refractivity contribution >= 4 is 0 Å². The van der Waals surface area contributed by atoms with Gasteiger partial charge < -0.3 is 0 Å². The Kier molecular flexibility index (Phi) is 1.88. The van der Waals surface area contributed by atoms with E-state index in [4.69, 9.17) is 0 Å². The molecule has 1 heterocycles. The van der Waals surface area contributed by atoms with Crippen LogP contribution in [0.3, 0.4) is 0 Å². The maximum absolute atomic E-state index is 2.22. The van der Waals surface area contributed by atoms with Crippen LogP contribution >= 0.6 is 0 Å². The Balaban J connectivity index is 2.58. The predicted octanol–water partition coefficient (Wildman–Crippen LogP) is 0.723. The highest BCUT2D eigenvalue weighted by Gasteiger charge is 2.12. The maximum Gasteiger partial charge on any atom is 0.0394 e. The first-order chi connectivity index (χ1) is 4.22. The summed E-state index contributed by atoms with van der Waals surface area (Å²) in [6.45, 7) is 3.23. The highest BCUT2D eigenvalue weighted by atomic mass is 15.6. The number of likely N-dealkylation sites (N-methyl/N-ethyl adjacent to an activating group) is 2. The van der Waals surface area contributed by atoms with E-state index in [1.165, 1.54) is 0 Å². The Morgan fingerprint density at radius 3 is 2.56 bits per heavy atom. The van der Waals surface area contributed by atoms with Crippen molar-refractivity contribution in [1.29, 1.82) is 0 Å². The molecule has 0 saturated heterocycles. The van der Waals surface area contributed by atoms with Crippen molar-refractivity contribution in [3.8, 4) is 0 Å². The smallest absolute Gasteiger partial charge is 0.0394 e. The zero-order chi connectivity index (χ0) is 6.85. The van der Waals surface area contributed by atoms with Crippen molar-refractivity contribution in [3.63, 3.8) is 0 Å². The van der Waals surface area contributed by atoms with Crippen LogP contribution in [0.1, 0.15) is 6.92 Å². The van der Waals surface area contributed by atoms with Gasteiger partial charge in [-0.2, -0.15) is 0 Å². The monoisotopic (exact) mass is 126 g/mol. The van der Waals surface area contributed by atoms with Gasteiger partial charge in [-0.15, -0.1) is 0 Å². The molecule has 0 amide bonds. The first kappa shape index (κ1) is 6.78. The van der Waals surface area contributed by atoms with Gasteiger partial charge in [0.05, 0.1) is 0 Å². The molecular formula is C7H14N2. The lowest BCUT2D eigenvalue weighted by molar-refractivity contribution is 0.0106. The van der Waals surface area contributed by atoms with E-state index in [9.17, 15) is 0 Å². The normalized spacial score (nSPS) is 31.2. The van der Waals surface area contributed by atoms with Crippen LogP contribution in [0.5, 0.6) is 0 Å².